The van der Waals surface area contributed by atoms with Crippen LogP contribution in [0.2, 0.25) is 0 Å². The molecular weight excluding hydrogens is 438 g/mol. The zero-order valence-electron chi connectivity index (χ0n) is 18.3. The van der Waals surface area contributed by atoms with E-state index in [0.717, 1.165) is 25.0 Å². The number of Topliss-reactive ketones (excluding diaryl/α,β-unsaturated/α-hetero) is 1. The molecule has 0 atom stereocenters. The number of hydrogen-bond acceptors (Lipinski definition) is 6. The van der Waals surface area contributed by atoms with E-state index in [4.69, 9.17) is 0 Å². The number of benzene rings is 1. The highest BCUT2D eigenvalue weighted by atomic mass is 32.2. The van der Waals surface area contributed by atoms with Crippen molar-refractivity contribution in [3.8, 4) is 0 Å². The molecule has 1 N–H and O–H groups in total. The zero-order chi connectivity index (χ0) is 23.5. The van der Waals surface area contributed by atoms with Gasteiger partial charge in [-0.2, -0.15) is 0 Å². The lowest BCUT2D eigenvalue weighted by Gasteiger charge is -2.39. The predicted molar refractivity (Wildman–Crippen MR) is 125 cm³/mol. The van der Waals surface area contributed by atoms with E-state index in [9.17, 15) is 18.0 Å². The van der Waals surface area contributed by atoms with Gasteiger partial charge in [-0.15, -0.1) is 0 Å². The van der Waals surface area contributed by atoms with E-state index >= 15 is 0 Å². The third-order valence-electron chi connectivity index (χ3n) is 6.10. The highest BCUT2D eigenvalue weighted by molar-refractivity contribution is 7.91. The Hall–Kier alpha value is -3.39. The van der Waals surface area contributed by atoms with Crippen LogP contribution in [0.4, 0.5) is 5.69 Å². The average Bonchev–Trinajstić information content (AvgIpc) is 2.80. The van der Waals surface area contributed by atoms with E-state index in [2.05, 4.69) is 15.3 Å². The first-order chi connectivity index (χ1) is 15.8. The maximum absolute atomic E-state index is 13.2. The number of hydrogen-bond donors (Lipinski definition) is 1. The largest absolute Gasteiger partial charge is 0.324 e. The van der Waals surface area contributed by atoms with Crippen LogP contribution in [0.5, 0.6) is 0 Å². The van der Waals surface area contributed by atoms with Crippen LogP contribution in [0, 0.1) is 0 Å². The van der Waals surface area contributed by atoms with Gasteiger partial charge < -0.3 is 5.32 Å². The first kappa shape index (κ1) is 22.8. The van der Waals surface area contributed by atoms with Crippen molar-refractivity contribution in [2.75, 3.05) is 11.1 Å². The zero-order valence-corrected chi connectivity index (χ0v) is 19.1. The Labute approximate surface area is 193 Å². The minimum atomic E-state index is -3.27. The van der Waals surface area contributed by atoms with E-state index in [0.29, 0.717) is 16.9 Å². The summed E-state index contributed by atoms with van der Waals surface area (Å²) < 4.78 is 23.8. The molecule has 3 aromatic rings. The summed E-state index contributed by atoms with van der Waals surface area (Å²) in [4.78, 5) is 34.6. The van der Waals surface area contributed by atoms with Gasteiger partial charge in [0.25, 0.3) is 0 Å². The number of amides is 1. The standard InChI is InChI=1S/C25H25N3O4S/c1-2-33(31,32)20-10-7-18(8-11-20)16-23(29)28-19-9-12-21(27-17-19)24(30)25(13-5-14-25)22-6-3-4-15-26-22/h3-4,6-12,15,17H,2,5,13-14,16H2,1H3,(H,28,29). The van der Waals surface area contributed by atoms with Gasteiger partial charge in [-0.1, -0.05) is 31.5 Å². The molecule has 8 heteroatoms. The summed E-state index contributed by atoms with van der Waals surface area (Å²) in [6, 6.07) is 15.2. The van der Waals surface area contributed by atoms with Gasteiger partial charge in [0.1, 0.15) is 5.69 Å². The Kier molecular flexibility index (Phi) is 6.37. The van der Waals surface area contributed by atoms with Crippen LogP contribution in [0.15, 0.2) is 71.9 Å². The molecule has 1 aromatic carbocycles. The van der Waals surface area contributed by atoms with E-state index < -0.39 is 15.3 Å². The smallest absolute Gasteiger partial charge is 0.228 e. The summed E-state index contributed by atoms with van der Waals surface area (Å²) in [7, 11) is -3.27. The van der Waals surface area contributed by atoms with Crippen LogP contribution >= 0.6 is 0 Å². The van der Waals surface area contributed by atoms with Crippen LogP contribution in [0.25, 0.3) is 0 Å². The van der Waals surface area contributed by atoms with Crippen LogP contribution < -0.4 is 5.32 Å². The Morgan fingerprint density at radius 3 is 2.30 bits per heavy atom. The van der Waals surface area contributed by atoms with Gasteiger partial charge in [0.2, 0.25) is 5.91 Å². The number of pyridine rings is 2. The van der Waals surface area contributed by atoms with Gasteiger partial charge in [-0.3, -0.25) is 19.6 Å². The second kappa shape index (κ2) is 9.23. The van der Waals surface area contributed by atoms with Gasteiger partial charge in [-0.05, 0) is 54.8 Å². The summed E-state index contributed by atoms with van der Waals surface area (Å²) in [5, 5.41) is 2.77. The lowest BCUT2D eigenvalue weighted by Crippen LogP contribution is -2.43. The fourth-order valence-electron chi connectivity index (χ4n) is 3.99. The predicted octanol–water partition coefficient (Wildman–Crippen LogP) is 3.76. The number of rotatable bonds is 8. The fourth-order valence-corrected chi connectivity index (χ4v) is 4.88. The summed E-state index contributed by atoms with van der Waals surface area (Å²) in [6.45, 7) is 1.59. The number of anilines is 1. The molecule has 170 valence electrons. The van der Waals surface area contributed by atoms with Crippen molar-refractivity contribution in [2.45, 2.75) is 42.9 Å². The van der Waals surface area contributed by atoms with Crippen LogP contribution in [-0.2, 0) is 26.5 Å². The van der Waals surface area contributed by atoms with E-state index in [1.807, 2.05) is 18.2 Å². The number of sulfone groups is 1. The van der Waals surface area contributed by atoms with Gasteiger partial charge >= 0.3 is 0 Å². The van der Waals surface area contributed by atoms with Crippen molar-refractivity contribution in [1.82, 2.24) is 9.97 Å². The van der Waals surface area contributed by atoms with E-state index in [1.165, 1.54) is 18.3 Å². The normalized spacial score (nSPS) is 14.8. The molecule has 1 fully saturated rings. The molecule has 0 bridgehead atoms. The molecule has 1 saturated carbocycles. The van der Waals surface area contributed by atoms with Crippen LogP contribution in [0.1, 0.15) is 47.9 Å². The van der Waals surface area contributed by atoms with Gasteiger partial charge in [0, 0.05) is 6.20 Å². The second-order valence-electron chi connectivity index (χ2n) is 8.18. The first-order valence-corrected chi connectivity index (χ1v) is 12.5. The maximum Gasteiger partial charge on any atom is 0.228 e. The van der Waals surface area contributed by atoms with Crippen molar-refractivity contribution < 1.29 is 18.0 Å². The Morgan fingerprint density at radius 2 is 1.76 bits per heavy atom. The minimum Gasteiger partial charge on any atom is -0.324 e. The number of ketones is 1. The molecule has 1 amide bonds. The van der Waals surface area contributed by atoms with Crippen molar-refractivity contribution in [1.29, 1.82) is 0 Å². The van der Waals surface area contributed by atoms with Gasteiger partial charge in [0.15, 0.2) is 15.6 Å². The second-order valence-corrected chi connectivity index (χ2v) is 10.5. The Bertz CT molecular complexity index is 1250. The highest BCUT2D eigenvalue weighted by Crippen LogP contribution is 2.45. The Morgan fingerprint density at radius 1 is 1.00 bits per heavy atom. The van der Waals surface area contributed by atoms with Crippen molar-refractivity contribution in [3.63, 3.8) is 0 Å². The van der Waals surface area contributed by atoms with Crippen molar-refractivity contribution in [3.05, 3.63) is 83.9 Å². The maximum atomic E-state index is 13.2. The molecule has 0 spiro atoms. The topological polar surface area (TPSA) is 106 Å². The number of carbonyl (C=O) groups is 2. The molecule has 33 heavy (non-hydrogen) atoms. The lowest BCUT2D eigenvalue weighted by atomic mass is 9.63. The molecule has 2 heterocycles. The van der Waals surface area contributed by atoms with E-state index in [1.54, 1.807) is 37.4 Å². The highest BCUT2D eigenvalue weighted by Gasteiger charge is 2.47. The molecular formula is C25H25N3O4S. The number of aromatic nitrogens is 2. The number of nitrogens with one attached hydrogen (secondary N) is 1. The molecule has 0 saturated heterocycles. The summed E-state index contributed by atoms with van der Waals surface area (Å²) in [6.07, 6.45) is 5.75. The molecule has 4 rings (SSSR count). The molecule has 7 nitrogen and oxygen atoms in total. The third-order valence-corrected chi connectivity index (χ3v) is 7.85. The molecule has 0 radical (unpaired) electrons. The number of nitrogens with zero attached hydrogens (tertiary/aromatic N) is 2. The quantitative estimate of drug-likeness (QED) is 0.510. The summed E-state index contributed by atoms with van der Waals surface area (Å²) in [5.41, 5.74) is 1.70. The molecule has 0 unspecified atom stereocenters. The molecule has 2 aromatic heterocycles. The molecule has 1 aliphatic rings. The number of carbonyl (C=O) groups excluding carboxylic acids is 2. The lowest BCUT2D eigenvalue weighted by molar-refractivity contribution is -0.115. The fraction of sp³-hybridized carbons (Fsp3) is 0.280. The summed E-state index contributed by atoms with van der Waals surface area (Å²) in [5.74, 6) is -0.278. The summed E-state index contributed by atoms with van der Waals surface area (Å²) >= 11 is 0. The van der Waals surface area contributed by atoms with Crippen molar-refractivity contribution in [2.24, 2.45) is 0 Å². The molecule has 1 aliphatic carbocycles. The van der Waals surface area contributed by atoms with Crippen molar-refractivity contribution >= 4 is 27.2 Å². The monoisotopic (exact) mass is 463 g/mol. The van der Waals surface area contributed by atoms with Gasteiger partial charge in [-0.25, -0.2) is 8.42 Å². The van der Waals surface area contributed by atoms with Crippen LogP contribution in [-0.4, -0.2) is 35.8 Å². The SMILES string of the molecule is CCS(=O)(=O)c1ccc(CC(=O)Nc2ccc(C(=O)C3(c4ccccn4)CCC3)nc2)cc1. The first-order valence-electron chi connectivity index (χ1n) is 10.9. The average molecular weight is 464 g/mol. The third kappa shape index (κ3) is 4.71. The van der Waals surface area contributed by atoms with Crippen LogP contribution in [0.3, 0.4) is 0 Å². The molecule has 0 aliphatic heterocycles. The Balaban J connectivity index is 1.40. The van der Waals surface area contributed by atoms with E-state index in [-0.39, 0.29) is 28.8 Å². The minimum absolute atomic E-state index is 0.0291. The van der Waals surface area contributed by atoms with Gasteiger partial charge in [0.05, 0.1) is 40.1 Å².